The van der Waals surface area contributed by atoms with Crippen LogP contribution in [0.1, 0.15) is 11.1 Å². The quantitative estimate of drug-likeness (QED) is 0.497. The van der Waals surface area contributed by atoms with E-state index >= 15 is 0 Å². The van der Waals surface area contributed by atoms with Gasteiger partial charge in [-0.3, -0.25) is 0 Å². The number of hydrogen-bond acceptors (Lipinski definition) is 2. The van der Waals surface area contributed by atoms with Crippen molar-refractivity contribution in [3.05, 3.63) is 75.8 Å². The van der Waals surface area contributed by atoms with Gasteiger partial charge in [-0.25, -0.2) is 10.1 Å². The Balaban J connectivity index is 2.30. The molecule has 2 rings (SSSR count). The standard InChI is InChI=1S/C14H10N2O2/c17-16(18)15-14-9-5-4-8-13(14)11-10-12-6-2-1-3-7-12/h1-9,15H. The highest BCUT2D eigenvalue weighted by Crippen LogP contribution is 2.13. The molecule has 0 spiro atoms. The number of nitrogens with one attached hydrogen (secondary N) is 1. The molecule has 0 aliphatic rings. The lowest BCUT2D eigenvalue weighted by Gasteiger charge is -1.99. The van der Waals surface area contributed by atoms with Gasteiger partial charge in [0, 0.05) is 5.56 Å². The normalized spacial score (nSPS) is 9.11. The molecule has 0 saturated heterocycles. The van der Waals surface area contributed by atoms with Crippen molar-refractivity contribution in [1.82, 2.24) is 0 Å². The Hall–Kier alpha value is -2.80. The minimum absolute atomic E-state index is 0.394. The predicted molar refractivity (Wildman–Crippen MR) is 69.5 cm³/mol. The van der Waals surface area contributed by atoms with Crippen LogP contribution in [-0.2, 0) is 0 Å². The van der Waals surface area contributed by atoms with Gasteiger partial charge in [-0.1, -0.05) is 42.2 Å². The van der Waals surface area contributed by atoms with Crippen molar-refractivity contribution < 1.29 is 5.03 Å². The maximum absolute atomic E-state index is 10.4. The Morgan fingerprint density at radius 2 is 1.61 bits per heavy atom. The molecule has 0 aromatic heterocycles. The lowest BCUT2D eigenvalue weighted by atomic mass is 10.1. The van der Waals surface area contributed by atoms with Gasteiger partial charge >= 0.3 is 0 Å². The average molecular weight is 238 g/mol. The molecule has 0 heterocycles. The Bertz CT molecular complexity index is 612. The monoisotopic (exact) mass is 238 g/mol. The molecule has 0 aliphatic heterocycles. The maximum Gasteiger partial charge on any atom is 0.162 e. The molecular formula is C14H10N2O2. The van der Waals surface area contributed by atoms with E-state index in [0.29, 0.717) is 11.3 Å². The van der Waals surface area contributed by atoms with Crippen molar-refractivity contribution in [3.8, 4) is 11.8 Å². The number of hydrazine groups is 1. The lowest BCUT2D eigenvalue weighted by Crippen LogP contribution is -2.08. The second-order valence-electron chi connectivity index (χ2n) is 3.53. The highest BCUT2D eigenvalue weighted by atomic mass is 16.7. The van der Waals surface area contributed by atoms with Crippen LogP contribution in [0.5, 0.6) is 0 Å². The molecule has 0 bridgehead atoms. The zero-order chi connectivity index (χ0) is 12.8. The molecule has 18 heavy (non-hydrogen) atoms. The van der Waals surface area contributed by atoms with Crippen LogP contribution in [0.2, 0.25) is 0 Å². The summed E-state index contributed by atoms with van der Waals surface area (Å²) in [6, 6.07) is 16.3. The molecule has 0 amide bonds. The Kier molecular flexibility index (Phi) is 3.57. The van der Waals surface area contributed by atoms with Crippen molar-refractivity contribution in [2.45, 2.75) is 0 Å². The van der Waals surface area contributed by atoms with Crippen molar-refractivity contribution in [3.63, 3.8) is 0 Å². The van der Waals surface area contributed by atoms with Crippen molar-refractivity contribution >= 4 is 5.69 Å². The summed E-state index contributed by atoms with van der Waals surface area (Å²) in [7, 11) is 0. The second kappa shape index (κ2) is 5.51. The largest absolute Gasteiger partial charge is 0.235 e. The SMILES string of the molecule is O=[N+]([O-])Nc1ccccc1C#Cc1ccccc1. The van der Waals surface area contributed by atoms with Crippen LogP contribution in [-0.4, -0.2) is 5.03 Å². The number of nitro groups is 1. The second-order valence-corrected chi connectivity index (χ2v) is 3.53. The van der Waals surface area contributed by atoms with E-state index in [-0.39, 0.29) is 0 Å². The van der Waals surface area contributed by atoms with Gasteiger partial charge in [-0.05, 0) is 24.3 Å². The van der Waals surface area contributed by atoms with E-state index in [2.05, 4.69) is 17.3 Å². The number of hydrogen-bond donors (Lipinski definition) is 1. The smallest absolute Gasteiger partial charge is 0.162 e. The molecule has 1 N–H and O–H groups in total. The first-order valence-electron chi connectivity index (χ1n) is 5.33. The number of rotatable bonds is 2. The van der Waals surface area contributed by atoms with Gasteiger partial charge < -0.3 is 0 Å². The summed E-state index contributed by atoms with van der Waals surface area (Å²) in [6.07, 6.45) is 0. The fourth-order valence-corrected chi connectivity index (χ4v) is 1.45. The molecule has 0 saturated carbocycles. The molecule has 0 fully saturated rings. The van der Waals surface area contributed by atoms with E-state index in [1.807, 2.05) is 30.3 Å². The van der Waals surface area contributed by atoms with E-state index in [1.165, 1.54) is 0 Å². The van der Waals surface area contributed by atoms with E-state index in [1.54, 1.807) is 24.3 Å². The molecule has 0 unspecified atom stereocenters. The molecule has 0 atom stereocenters. The molecule has 4 nitrogen and oxygen atoms in total. The fourth-order valence-electron chi connectivity index (χ4n) is 1.45. The number of para-hydroxylation sites is 1. The Labute approximate surface area is 104 Å². The first-order chi connectivity index (χ1) is 8.75. The van der Waals surface area contributed by atoms with E-state index in [4.69, 9.17) is 0 Å². The highest BCUT2D eigenvalue weighted by molar-refractivity contribution is 5.58. The molecule has 88 valence electrons. The summed E-state index contributed by atoms with van der Waals surface area (Å²) in [5.74, 6) is 5.88. The summed E-state index contributed by atoms with van der Waals surface area (Å²) >= 11 is 0. The third-order valence-electron chi connectivity index (χ3n) is 2.25. The molecular weight excluding hydrogens is 228 g/mol. The summed E-state index contributed by atoms with van der Waals surface area (Å²) in [4.78, 5) is 10.4. The number of benzene rings is 2. The molecule has 0 radical (unpaired) electrons. The van der Waals surface area contributed by atoms with Crippen LogP contribution < -0.4 is 5.43 Å². The van der Waals surface area contributed by atoms with Crippen LogP contribution >= 0.6 is 0 Å². The van der Waals surface area contributed by atoms with Gasteiger partial charge in [0.25, 0.3) is 0 Å². The zero-order valence-electron chi connectivity index (χ0n) is 9.46. The van der Waals surface area contributed by atoms with Crippen LogP contribution in [0.25, 0.3) is 0 Å². The van der Waals surface area contributed by atoms with E-state index < -0.39 is 5.03 Å². The third kappa shape index (κ3) is 3.09. The van der Waals surface area contributed by atoms with E-state index in [0.717, 1.165) is 5.56 Å². The van der Waals surface area contributed by atoms with E-state index in [9.17, 15) is 10.1 Å². The first-order valence-corrected chi connectivity index (χ1v) is 5.33. The maximum atomic E-state index is 10.4. The predicted octanol–water partition coefficient (Wildman–Crippen LogP) is 2.69. The molecule has 4 heteroatoms. The minimum Gasteiger partial charge on any atom is -0.235 e. The van der Waals surface area contributed by atoms with Gasteiger partial charge in [0.1, 0.15) is 5.69 Å². The van der Waals surface area contributed by atoms with Gasteiger partial charge in [0.15, 0.2) is 5.03 Å². The Morgan fingerprint density at radius 1 is 0.944 bits per heavy atom. The van der Waals surface area contributed by atoms with Crippen LogP contribution in [0, 0.1) is 22.0 Å². The zero-order valence-corrected chi connectivity index (χ0v) is 9.46. The van der Waals surface area contributed by atoms with Gasteiger partial charge in [-0.2, -0.15) is 0 Å². The van der Waals surface area contributed by atoms with Crippen molar-refractivity contribution in [2.75, 3.05) is 5.43 Å². The lowest BCUT2D eigenvalue weighted by molar-refractivity contribution is -0.445. The molecule has 0 aliphatic carbocycles. The highest BCUT2D eigenvalue weighted by Gasteiger charge is 2.03. The van der Waals surface area contributed by atoms with Gasteiger partial charge in [0.2, 0.25) is 0 Å². The first kappa shape index (κ1) is 11.7. The Morgan fingerprint density at radius 3 is 2.33 bits per heavy atom. The summed E-state index contributed by atoms with van der Waals surface area (Å²) in [5, 5.41) is 9.85. The molecule has 2 aromatic carbocycles. The van der Waals surface area contributed by atoms with Crippen LogP contribution in [0.3, 0.4) is 0 Å². The minimum atomic E-state index is -0.594. The van der Waals surface area contributed by atoms with Crippen molar-refractivity contribution in [1.29, 1.82) is 0 Å². The molecule has 2 aromatic rings. The van der Waals surface area contributed by atoms with Gasteiger partial charge in [0.05, 0.1) is 5.56 Å². The fraction of sp³-hybridized carbons (Fsp3) is 0. The van der Waals surface area contributed by atoms with Gasteiger partial charge in [-0.15, -0.1) is 5.43 Å². The number of nitrogens with zero attached hydrogens (tertiary/aromatic N) is 1. The van der Waals surface area contributed by atoms with Crippen molar-refractivity contribution in [2.24, 2.45) is 0 Å². The third-order valence-corrected chi connectivity index (χ3v) is 2.25. The summed E-state index contributed by atoms with van der Waals surface area (Å²) in [5.41, 5.74) is 3.99. The van der Waals surface area contributed by atoms with Crippen LogP contribution in [0.4, 0.5) is 5.69 Å². The average Bonchev–Trinajstić information content (AvgIpc) is 2.38. The number of anilines is 1. The topological polar surface area (TPSA) is 55.2 Å². The van der Waals surface area contributed by atoms with Crippen LogP contribution in [0.15, 0.2) is 54.6 Å². The summed E-state index contributed by atoms with van der Waals surface area (Å²) in [6.45, 7) is 0. The summed E-state index contributed by atoms with van der Waals surface area (Å²) < 4.78 is 0.